The maximum atomic E-state index is 12.0. The van der Waals surface area contributed by atoms with Crippen LogP contribution in [0.2, 0.25) is 0 Å². The summed E-state index contributed by atoms with van der Waals surface area (Å²) in [5, 5.41) is 12.9. The van der Waals surface area contributed by atoms with Crippen LogP contribution in [0.3, 0.4) is 0 Å². The van der Waals surface area contributed by atoms with Gasteiger partial charge in [0.1, 0.15) is 0 Å². The van der Waals surface area contributed by atoms with Gasteiger partial charge in [0.2, 0.25) is 5.91 Å². The van der Waals surface area contributed by atoms with Crippen LogP contribution in [0.5, 0.6) is 0 Å². The van der Waals surface area contributed by atoms with Gasteiger partial charge >= 0.3 is 0 Å². The summed E-state index contributed by atoms with van der Waals surface area (Å²) in [6.07, 6.45) is 2.09. The summed E-state index contributed by atoms with van der Waals surface area (Å²) in [6, 6.07) is 0. The number of carbonyl (C=O) groups is 1. The third-order valence-corrected chi connectivity index (χ3v) is 3.81. The molecule has 0 aromatic heterocycles. The molecule has 0 saturated carbocycles. The summed E-state index contributed by atoms with van der Waals surface area (Å²) in [4.78, 5) is 12.0. The van der Waals surface area contributed by atoms with Gasteiger partial charge in [0.05, 0.1) is 24.2 Å². The van der Waals surface area contributed by atoms with E-state index in [0.717, 1.165) is 6.42 Å². The average molecular weight is 229 g/mol. The van der Waals surface area contributed by atoms with E-state index >= 15 is 0 Å². The molecule has 1 fully saturated rings. The number of carbonyl (C=O) groups excluding carboxylic acids is 1. The molecule has 1 saturated heterocycles. The van der Waals surface area contributed by atoms with E-state index in [1.807, 2.05) is 20.8 Å². The molecule has 0 radical (unpaired) electrons. The second-order valence-corrected chi connectivity index (χ2v) is 4.74. The predicted molar refractivity (Wildman–Crippen MR) is 62.1 cm³/mol. The van der Waals surface area contributed by atoms with Crippen molar-refractivity contribution in [2.75, 3.05) is 19.8 Å². The van der Waals surface area contributed by atoms with Gasteiger partial charge in [0.25, 0.3) is 0 Å². The number of hydrogen-bond donors (Lipinski definition) is 2. The van der Waals surface area contributed by atoms with Crippen molar-refractivity contribution in [2.45, 2.75) is 45.6 Å². The minimum atomic E-state index is -0.769. The van der Waals surface area contributed by atoms with Crippen molar-refractivity contribution in [3.63, 3.8) is 0 Å². The standard InChI is InChI=1S/C12H23NO3/c1-4-11(8-16-9-11)10(14)13-7-12(15,5-2)6-3/h15H,4-9H2,1-3H3,(H,13,14). The third kappa shape index (κ3) is 2.55. The Hall–Kier alpha value is -0.610. The summed E-state index contributed by atoms with van der Waals surface area (Å²) in [5.41, 5.74) is -1.11. The molecular formula is C12H23NO3. The molecule has 1 rings (SSSR count). The first-order chi connectivity index (χ1) is 7.52. The van der Waals surface area contributed by atoms with Crippen LogP contribution < -0.4 is 5.32 Å². The topological polar surface area (TPSA) is 58.6 Å². The quantitative estimate of drug-likeness (QED) is 0.716. The number of hydrogen-bond acceptors (Lipinski definition) is 3. The van der Waals surface area contributed by atoms with E-state index in [9.17, 15) is 9.90 Å². The first-order valence-electron chi connectivity index (χ1n) is 6.10. The van der Waals surface area contributed by atoms with Crippen LogP contribution in [0, 0.1) is 5.41 Å². The Balaban J connectivity index is 2.46. The van der Waals surface area contributed by atoms with Crippen molar-refractivity contribution in [3.8, 4) is 0 Å². The lowest BCUT2D eigenvalue weighted by Gasteiger charge is -2.39. The second kappa shape index (κ2) is 5.15. The molecule has 0 unspecified atom stereocenters. The molecule has 0 atom stereocenters. The van der Waals surface area contributed by atoms with Gasteiger partial charge < -0.3 is 15.2 Å². The summed E-state index contributed by atoms with van der Waals surface area (Å²) in [5.74, 6) is 0.0153. The van der Waals surface area contributed by atoms with E-state index in [-0.39, 0.29) is 11.3 Å². The van der Waals surface area contributed by atoms with E-state index in [2.05, 4.69) is 5.32 Å². The van der Waals surface area contributed by atoms with Gasteiger partial charge in [-0.25, -0.2) is 0 Å². The molecule has 1 heterocycles. The lowest BCUT2D eigenvalue weighted by atomic mass is 9.82. The highest BCUT2D eigenvalue weighted by atomic mass is 16.5. The zero-order chi connectivity index (χ0) is 12.2. The van der Waals surface area contributed by atoms with Gasteiger partial charge in [-0.15, -0.1) is 0 Å². The Morgan fingerprint density at radius 3 is 2.25 bits per heavy atom. The van der Waals surface area contributed by atoms with Crippen LogP contribution in [-0.2, 0) is 9.53 Å². The van der Waals surface area contributed by atoms with Crippen molar-refractivity contribution in [3.05, 3.63) is 0 Å². The highest BCUT2D eigenvalue weighted by molar-refractivity contribution is 5.83. The molecule has 2 N–H and O–H groups in total. The second-order valence-electron chi connectivity index (χ2n) is 4.74. The van der Waals surface area contributed by atoms with Crippen LogP contribution in [0.15, 0.2) is 0 Å². The Labute approximate surface area is 97.4 Å². The van der Waals surface area contributed by atoms with Crippen LogP contribution >= 0.6 is 0 Å². The number of nitrogens with one attached hydrogen (secondary N) is 1. The number of ether oxygens (including phenoxy) is 1. The average Bonchev–Trinajstić information content (AvgIpc) is 2.25. The molecule has 94 valence electrons. The highest BCUT2D eigenvalue weighted by Crippen LogP contribution is 2.31. The first-order valence-corrected chi connectivity index (χ1v) is 6.10. The van der Waals surface area contributed by atoms with Crippen molar-refractivity contribution in [1.29, 1.82) is 0 Å². The van der Waals surface area contributed by atoms with Crippen molar-refractivity contribution in [2.24, 2.45) is 5.41 Å². The fourth-order valence-electron chi connectivity index (χ4n) is 1.78. The molecule has 1 aliphatic rings. The van der Waals surface area contributed by atoms with Gasteiger partial charge in [-0.05, 0) is 19.3 Å². The summed E-state index contributed by atoms with van der Waals surface area (Å²) < 4.78 is 5.11. The monoisotopic (exact) mass is 229 g/mol. The number of rotatable bonds is 6. The molecule has 1 amide bonds. The SMILES string of the molecule is CCC(O)(CC)CNC(=O)C1(CC)COC1. The number of amides is 1. The van der Waals surface area contributed by atoms with Crippen LogP contribution in [0.4, 0.5) is 0 Å². The fourth-order valence-corrected chi connectivity index (χ4v) is 1.78. The molecule has 0 bridgehead atoms. The van der Waals surface area contributed by atoms with Crippen molar-refractivity contribution in [1.82, 2.24) is 5.32 Å². The van der Waals surface area contributed by atoms with Gasteiger partial charge in [-0.3, -0.25) is 4.79 Å². The van der Waals surface area contributed by atoms with E-state index in [4.69, 9.17) is 4.74 Å². The molecule has 0 aliphatic carbocycles. The number of aliphatic hydroxyl groups is 1. The molecule has 4 heteroatoms. The maximum absolute atomic E-state index is 12.0. The third-order valence-electron chi connectivity index (χ3n) is 3.81. The fraction of sp³-hybridized carbons (Fsp3) is 0.917. The van der Waals surface area contributed by atoms with E-state index in [1.165, 1.54) is 0 Å². The maximum Gasteiger partial charge on any atom is 0.230 e. The molecule has 4 nitrogen and oxygen atoms in total. The van der Waals surface area contributed by atoms with Gasteiger partial charge in [0.15, 0.2) is 0 Å². The van der Waals surface area contributed by atoms with E-state index in [1.54, 1.807) is 0 Å². The smallest absolute Gasteiger partial charge is 0.230 e. The van der Waals surface area contributed by atoms with Crippen LogP contribution in [0.1, 0.15) is 40.0 Å². The molecule has 0 spiro atoms. The van der Waals surface area contributed by atoms with Gasteiger partial charge in [-0.1, -0.05) is 20.8 Å². The lowest BCUT2D eigenvalue weighted by Crippen LogP contribution is -2.56. The Kier molecular flexibility index (Phi) is 4.33. The normalized spacial score (nSPS) is 19.0. The van der Waals surface area contributed by atoms with Crippen LogP contribution in [-0.4, -0.2) is 36.4 Å². The summed E-state index contributed by atoms with van der Waals surface area (Å²) >= 11 is 0. The first kappa shape index (κ1) is 13.5. The minimum absolute atomic E-state index is 0.0153. The van der Waals surface area contributed by atoms with E-state index < -0.39 is 5.60 Å². The van der Waals surface area contributed by atoms with Gasteiger partial charge in [0, 0.05) is 6.54 Å². The lowest BCUT2D eigenvalue weighted by molar-refractivity contribution is -0.163. The zero-order valence-electron chi connectivity index (χ0n) is 10.5. The van der Waals surface area contributed by atoms with Crippen molar-refractivity contribution < 1.29 is 14.6 Å². The summed E-state index contributed by atoms with van der Waals surface area (Å²) in [6.45, 7) is 7.20. The Morgan fingerprint density at radius 1 is 1.38 bits per heavy atom. The molecule has 0 aromatic rings. The Morgan fingerprint density at radius 2 is 1.94 bits per heavy atom. The van der Waals surface area contributed by atoms with E-state index in [0.29, 0.717) is 32.6 Å². The van der Waals surface area contributed by atoms with Crippen molar-refractivity contribution >= 4 is 5.91 Å². The highest BCUT2D eigenvalue weighted by Gasteiger charge is 2.44. The molecular weight excluding hydrogens is 206 g/mol. The largest absolute Gasteiger partial charge is 0.388 e. The molecule has 0 aromatic carbocycles. The summed E-state index contributed by atoms with van der Waals surface area (Å²) in [7, 11) is 0. The molecule has 16 heavy (non-hydrogen) atoms. The molecule has 1 aliphatic heterocycles. The minimum Gasteiger partial charge on any atom is -0.388 e. The van der Waals surface area contributed by atoms with Gasteiger partial charge in [-0.2, -0.15) is 0 Å². The zero-order valence-corrected chi connectivity index (χ0v) is 10.5. The Bertz CT molecular complexity index is 239. The predicted octanol–water partition coefficient (Wildman–Crippen LogP) is 1.08. The van der Waals surface area contributed by atoms with Crippen LogP contribution in [0.25, 0.3) is 0 Å².